The van der Waals surface area contributed by atoms with Gasteiger partial charge in [0, 0.05) is 19.0 Å². The van der Waals surface area contributed by atoms with Gasteiger partial charge in [0.05, 0.1) is 19.4 Å². The molecule has 0 aliphatic rings. The summed E-state index contributed by atoms with van der Waals surface area (Å²) < 4.78 is 12.9. The van der Waals surface area contributed by atoms with E-state index in [1.807, 2.05) is 12.1 Å². The Hall–Kier alpha value is -1.74. The fraction of sp³-hybridized carbons (Fsp3) is 0.474. The number of rotatable bonds is 9. The first kappa shape index (κ1) is 16.6. The number of aromatic nitrogens is 1. The summed E-state index contributed by atoms with van der Waals surface area (Å²) in [5.41, 5.74) is 3.80. The molecule has 22 heavy (non-hydrogen) atoms. The van der Waals surface area contributed by atoms with Gasteiger partial charge >= 0.3 is 0 Å². The molecule has 0 radical (unpaired) electrons. The number of aryl methyl sites for hydroxylation is 1. The molecule has 0 saturated carbocycles. The predicted molar refractivity (Wildman–Crippen MR) is 90.9 cm³/mol. The summed E-state index contributed by atoms with van der Waals surface area (Å²) >= 11 is 0. The van der Waals surface area contributed by atoms with E-state index in [-0.39, 0.29) is 0 Å². The van der Waals surface area contributed by atoms with Gasteiger partial charge in [0.15, 0.2) is 0 Å². The van der Waals surface area contributed by atoms with E-state index in [9.17, 15) is 0 Å². The minimum atomic E-state index is 0.641. The van der Waals surface area contributed by atoms with Crippen LogP contribution >= 0.6 is 0 Å². The van der Waals surface area contributed by atoms with Crippen molar-refractivity contribution in [1.29, 1.82) is 0 Å². The van der Waals surface area contributed by atoms with Gasteiger partial charge in [-0.1, -0.05) is 26.2 Å². The topological polar surface area (TPSA) is 23.4 Å². The molecule has 0 spiro atoms. The highest BCUT2D eigenvalue weighted by molar-refractivity contribution is 5.41. The van der Waals surface area contributed by atoms with Crippen LogP contribution in [0.3, 0.4) is 0 Å². The Labute approximate surface area is 133 Å². The summed E-state index contributed by atoms with van der Waals surface area (Å²) in [6, 6.07) is 10.4. The van der Waals surface area contributed by atoms with Crippen LogP contribution in [0, 0.1) is 0 Å². The zero-order chi connectivity index (χ0) is 15.8. The van der Waals surface area contributed by atoms with E-state index in [1.165, 1.54) is 36.9 Å². The van der Waals surface area contributed by atoms with Gasteiger partial charge in [-0.25, -0.2) is 0 Å². The van der Waals surface area contributed by atoms with E-state index in [4.69, 9.17) is 9.47 Å². The van der Waals surface area contributed by atoms with Crippen molar-refractivity contribution in [3.05, 3.63) is 47.8 Å². The van der Waals surface area contributed by atoms with E-state index in [1.54, 1.807) is 14.2 Å². The fourth-order valence-electron chi connectivity index (χ4n) is 2.76. The lowest BCUT2D eigenvalue weighted by Crippen LogP contribution is -2.03. The number of hydrogen-bond donors (Lipinski definition) is 0. The van der Waals surface area contributed by atoms with E-state index in [0.717, 1.165) is 17.9 Å². The maximum absolute atomic E-state index is 5.42. The summed E-state index contributed by atoms with van der Waals surface area (Å²) in [5, 5.41) is 0. The van der Waals surface area contributed by atoms with Crippen molar-refractivity contribution < 1.29 is 9.47 Å². The molecule has 0 aliphatic carbocycles. The van der Waals surface area contributed by atoms with Crippen LogP contribution in [0.5, 0.6) is 5.75 Å². The van der Waals surface area contributed by atoms with Crippen molar-refractivity contribution in [3.63, 3.8) is 0 Å². The third-order valence-corrected chi connectivity index (χ3v) is 4.02. The van der Waals surface area contributed by atoms with Crippen LogP contribution in [0.2, 0.25) is 0 Å². The molecule has 0 N–H and O–H groups in total. The van der Waals surface area contributed by atoms with Gasteiger partial charge in [-0.15, -0.1) is 0 Å². The lowest BCUT2D eigenvalue weighted by Gasteiger charge is -2.12. The van der Waals surface area contributed by atoms with Crippen molar-refractivity contribution in [2.24, 2.45) is 0 Å². The molecular formula is C19H27NO2. The van der Waals surface area contributed by atoms with Crippen LogP contribution in [0.15, 0.2) is 36.5 Å². The molecule has 0 saturated heterocycles. The second-order valence-electron chi connectivity index (χ2n) is 5.60. The molecule has 2 rings (SSSR count). The summed E-state index contributed by atoms with van der Waals surface area (Å²) in [4.78, 5) is 0. The van der Waals surface area contributed by atoms with Gasteiger partial charge in [-0.05, 0) is 48.7 Å². The second kappa shape index (κ2) is 8.64. The van der Waals surface area contributed by atoms with E-state index >= 15 is 0 Å². The van der Waals surface area contributed by atoms with Gasteiger partial charge < -0.3 is 14.0 Å². The maximum Gasteiger partial charge on any atom is 0.119 e. The van der Waals surface area contributed by atoms with Crippen molar-refractivity contribution >= 4 is 0 Å². The zero-order valence-corrected chi connectivity index (χ0v) is 14.0. The molecule has 2 aromatic rings. The second-order valence-corrected chi connectivity index (χ2v) is 5.60. The molecule has 1 heterocycles. The molecule has 0 bridgehead atoms. The fourth-order valence-corrected chi connectivity index (χ4v) is 2.76. The smallest absolute Gasteiger partial charge is 0.119 e. The van der Waals surface area contributed by atoms with Crippen molar-refractivity contribution in [2.45, 2.75) is 45.6 Å². The van der Waals surface area contributed by atoms with Crippen LogP contribution in [0.4, 0.5) is 0 Å². The molecule has 0 amide bonds. The SMILES string of the molecule is CCCCCCc1ccn(-c2ccc(OC)cc2)c1COC. The van der Waals surface area contributed by atoms with Crippen LogP contribution < -0.4 is 4.74 Å². The van der Waals surface area contributed by atoms with Crippen LogP contribution in [-0.4, -0.2) is 18.8 Å². The molecule has 3 nitrogen and oxygen atoms in total. The normalized spacial score (nSPS) is 10.9. The molecule has 0 aliphatic heterocycles. The molecule has 3 heteroatoms. The summed E-state index contributed by atoms with van der Waals surface area (Å²) in [6.07, 6.45) is 8.41. The number of benzene rings is 1. The Morgan fingerprint density at radius 2 is 1.73 bits per heavy atom. The van der Waals surface area contributed by atoms with Crippen LogP contribution in [0.25, 0.3) is 5.69 Å². The lowest BCUT2D eigenvalue weighted by molar-refractivity contribution is 0.179. The molecule has 0 unspecified atom stereocenters. The monoisotopic (exact) mass is 301 g/mol. The average molecular weight is 301 g/mol. The Bertz CT molecular complexity index is 557. The predicted octanol–water partition coefficient (Wildman–Crippen LogP) is 4.76. The Morgan fingerprint density at radius 1 is 0.955 bits per heavy atom. The number of unbranched alkanes of at least 4 members (excludes halogenated alkanes) is 3. The zero-order valence-electron chi connectivity index (χ0n) is 14.0. The highest BCUT2D eigenvalue weighted by atomic mass is 16.5. The highest BCUT2D eigenvalue weighted by Gasteiger charge is 2.10. The highest BCUT2D eigenvalue weighted by Crippen LogP contribution is 2.22. The Kier molecular flexibility index (Phi) is 6.53. The van der Waals surface area contributed by atoms with Gasteiger partial charge in [0.1, 0.15) is 5.75 Å². The summed E-state index contributed by atoms with van der Waals surface area (Å²) in [5.74, 6) is 0.879. The first-order valence-electron chi connectivity index (χ1n) is 8.12. The first-order valence-corrected chi connectivity index (χ1v) is 8.12. The molecule has 0 atom stereocenters. The van der Waals surface area contributed by atoms with E-state index in [0.29, 0.717) is 6.61 Å². The van der Waals surface area contributed by atoms with Crippen LogP contribution in [0.1, 0.15) is 43.9 Å². The van der Waals surface area contributed by atoms with Gasteiger partial charge in [0.25, 0.3) is 0 Å². The third-order valence-electron chi connectivity index (χ3n) is 4.02. The van der Waals surface area contributed by atoms with E-state index < -0.39 is 0 Å². The van der Waals surface area contributed by atoms with Gasteiger partial charge in [0.2, 0.25) is 0 Å². The van der Waals surface area contributed by atoms with Gasteiger partial charge in [-0.2, -0.15) is 0 Å². The minimum Gasteiger partial charge on any atom is -0.497 e. The van der Waals surface area contributed by atoms with Crippen molar-refractivity contribution in [2.75, 3.05) is 14.2 Å². The maximum atomic E-state index is 5.42. The van der Waals surface area contributed by atoms with E-state index in [2.05, 4.69) is 35.9 Å². The lowest BCUT2D eigenvalue weighted by atomic mass is 10.1. The first-order chi connectivity index (χ1) is 10.8. The standard InChI is InChI=1S/C19H27NO2/c1-4-5-6-7-8-16-13-14-20(19(16)15-21-2)17-9-11-18(22-3)12-10-17/h9-14H,4-8,15H2,1-3H3. The average Bonchev–Trinajstić information content (AvgIpc) is 2.95. The quantitative estimate of drug-likeness (QED) is 0.624. The van der Waals surface area contributed by atoms with Crippen molar-refractivity contribution in [3.8, 4) is 11.4 Å². The van der Waals surface area contributed by atoms with Crippen LogP contribution in [-0.2, 0) is 17.8 Å². The summed E-state index contributed by atoms with van der Waals surface area (Å²) in [7, 11) is 3.45. The number of methoxy groups -OCH3 is 2. The molecule has 120 valence electrons. The molecular weight excluding hydrogens is 274 g/mol. The minimum absolute atomic E-state index is 0.641. The third kappa shape index (κ3) is 4.14. The molecule has 0 fully saturated rings. The molecule has 1 aromatic heterocycles. The largest absolute Gasteiger partial charge is 0.497 e. The number of hydrogen-bond acceptors (Lipinski definition) is 2. The van der Waals surface area contributed by atoms with Crippen molar-refractivity contribution in [1.82, 2.24) is 4.57 Å². The Balaban J connectivity index is 2.17. The van der Waals surface area contributed by atoms with Gasteiger partial charge in [-0.3, -0.25) is 0 Å². The Morgan fingerprint density at radius 3 is 2.36 bits per heavy atom. The molecule has 1 aromatic carbocycles. The summed E-state index contributed by atoms with van der Waals surface area (Å²) in [6.45, 7) is 2.89. The number of ether oxygens (including phenoxy) is 2. The number of nitrogens with zero attached hydrogens (tertiary/aromatic N) is 1.